The first-order chi connectivity index (χ1) is 13.0. The first kappa shape index (κ1) is 21.7. The second-order valence-corrected chi connectivity index (χ2v) is 7.89. The second-order valence-electron chi connectivity index (χ2n) is 7.89. The number of esters is 1. The van der Waals surface area contributed by atoms with Crippen molar-refractivity contribution in [3.63, 3.8) is 0 Å². The van der Waals surface area contributed by atoms with Crippen LogP contribution in [-0.4, -0.2) is 60.2 Å². The van der Waals surface area contributed by atoms with E-state index in [4.69, 9.17) is 4.74 Å². The largest absolute Gasteiger partial charge is 0.464 e. The molecule has 0 spiro atoms. The number of hydrogen-bond acceptors (Lipinski definition) is 7. The van der Waals surface area contributed by atoms with Gasteiger partial charge in [0.15, 0.2) is 0 Å². The van der Waals surface area contributed by atoms with Gasteiger partial charge in [-0.1, -0.05) is 6.92 Å². The Kier molecular flexibility index (Phi) is 9.10. The van der Waals surface area contributed by atoms with Crippen LogP contribution in [0.3, 0.4) is 0 Å². The number of hydrogen-bond donors (Lipinski definition) is 0. The average molecular weight is 383 g/mol. The molecule has 0 unspecified atom stereocenters. The van der Waals surface area contributed by atoms with E-state index in [-0.39, 0.29) is 29.0 Å². The molecule has 154 valence electrons. The lowest BCUT2D eigenvalue weighted by Gasteiger charge is -2.33. The third kappa shape index (κ3) is 7.52. The smallest absolute Gasteiger partial charge is 0.305 e. The van der Waals surface area contributed by atoms with Crippen LogP contribution in [0.25, 0.3) is 0 Å². The highest BCUT2D eigenvalue weighted by Gasteiger charge is 2.29. The van der Waals surface area contributed by atoms with Gasteiger partial charge in [-0.25, -0.2) is 0 Å². The minimum absolute atomic E-state index is 0.109. The fraction of sp³-hybridized carbons (Fsp3) is 0.947. The van der Waals surface area contributed by atoms with Crippen molar-refractivity contribution in [2.75, 3.05) is 20.2 Å². The highest BCUT2D eigenvalue weighted by Crippen LogP contribution is 2.27. The van der Waals surface area contributed by atoms with E-state index in [0.29, 0.717) is 31.9 Å². The van der Waals surface area contributed by atoms with Gasteiger partial charge in [-0.2, -0.15) is 10.2 Å². The highest BCUT2D eigenvalue weighted by molar-refractivity contribution is 5.69. The molecule has 0 bridgehead atoms. The molecule has 27 heavy (non-hydrogen) atoms. The van der Waals surface area contributed by atoms with Gasteiger partial charge in [0.25, 0.3) is 0 Å². The Morgan fingerprint density at radius 3 is 2.15 bits per heavy atom. The number of nitrogens with zero attached hydrogens (tertiary/aromatic N) is 4. The molecule has 2 fully saturated rings. The van der Waals surface area contributed by atoms with Crippen LogP contribution in [0.15, 0.2) is 10.2 Å². The highest BCUT2D eigenvalue weighted by atomic mass is 16.6. The van der Waals surface area contributed by atoms with Gasteiger partial charge in [0.05, 0.1) is 12.1 Å². The lowest BCUT2D eigenvalue weighted by molar-refractivity contribution is -0.526. The van der Waals surface area contributed by atoms with Crippen LogP contribution in [0.4, 0.5) is 0 Å². The molecule has 0 radical (unpaired) electrons. The van der Waals surface area contributed by atoms with Crippen LogP contribution in [0.1, 0.15) is 71.1 Å². The minimum Gasteiger partial charge on any atom is -0.464 e. The van der Waals surface area contributed by atoms with Crippen molar-refractivity contribution in [1.82, 2.24) is 4.90 Å². The van der Waals surface area contributed by atoms with E-state index >= 15 is 0 Å². The van der Waals surface area contributed by atoms with Crippen molar-refractivity contribution in [1.29, 1.82) is 0 Å². The van der Waals surface area contributed by atoms with E-state index in [1.54, 1.807) is 0 Å². The monoisotopic (exact) mass is 382 g/mol. The predicted octanol–water partition coefficient (Wildman–Crippen LogP) is 3.61. The number of carbonyl (C=O) groups excluding carboxylic acids is 1. The number of azo groups is 1. The zero-order chi connectivity index (χ0) is 19.6. The summed E-state index contributed by atoms with van der Waals surface area (Å²) in [6, 6.07) is 0.574. The van der Waals surface area contributed by atoms with Crippen molar-refractivity contribution in [2.45, 2.75) is 95.3 Å². The van der Waals surface area contributed by atoms with Crippen LogP contribution in [-0.2, 0) is 9.53 Å². The summed E-state index contributed by atoms with van der Waals surface area (Å²) in [5.41, 5.74) is 0. The van der Waals surface area contributed by atoms with E-state index in [0.717, 1.165) is 51.5 Å². The first-order valence-electron chi connectivity index (χ1n) is 10.4. The quantitative estimate of drug-likeness (QED) is 0.263. The number of rotatable bonds is 9. The summed E-state index contributed by atoms with van der Waals surface area (Å²) < 4.78 is 5.24. The summed E-state index contributed by atoms with van der Waals surface area (Å²) in [6.45, 7) is 3.20. The molecule has 8 heteroatoms. The maximum atomic E-state index is 11.4. The third-order valence-corrected chi connectivity index (χ3v) is 5.81. The van der Waals surface area contributed by atoms with Gasteiger partial charge in [0.1, 0.15) is 6.61 Å². The van der Waals surface area contributed by atoms with Crippen molar-refractivity contribution in [2.24, 2.45) is 10.2 Å². The van der Waals surface area contributed by atoms with E-state index in [2.05, 4.69) is 22.2 Å². The van der Waals surface area contributed by atoms with Crippen LogP contribution in [0, 0.1) is 10.1 Å². The summed E-state index contributed by atoms with van der Waals surface area (Å²) in [6.07, 6.45) is 8.34. The summed E-state index contributed by atoms with van der Waals surface area (Å²) >= 11 is 0. The summed E-state index contributed by atoms with van der Waals surface area (Å²) in [5, 5.41) is 19.8. The molecule has 2 aliphatic carbocycles. The van der Waals surface area contributed by atoms with E-state index in [1.165, 1.54) is 0 Å². The van der Waals surface area contributed by atoms with Crippen molar-refractivity contribution < 1.29 is 14.5 Å². The standard InChI is InChI=1S/C19H34N4O4/c1-3-4-19(24)27-14-13-22(2)17-9-5-15(6-10-17)20-21-16-7-11-18(12-8-16)23(25)26/h15-18H,3-14H2,1-2H3. The van der Waals surface area contributed by atoms with Crippen LogP contribution in [0.2, 0.25) is 0 Å². The zero-order valence-corrected chi connectivity index (χ0v) is 16.7. The number of ether oxygens (including phenoxy) is 1. The Hall–Kier alpha value is -1.57. The van der Waals surface area contributed by atoms with Crippen LogP contribution in [0.5, 0.6) is 0 Å². The Bertz CT molecular complexity index is 498. The molecular weight excluding hydrogens is 348 g/mol. The van der Waals surface area contributed by atoms with Crippen LogP contribution >= 0.6 is 0 Å². The Morgan fingerprint density at radius 1 is 1.07 bits per heavy atom. The maximum absolute atomic E-state index is 11.4. The number of likely N-dealkylation sites (N-methyl/N-ethyl adjacent to an activating group) is 1. The van der Waals surface area contributed by atoms with E-state index < -0.39 is 0 Å². The molecule has 0 heterocycles. The van der Waals surface area contributed by atoms with Gasteiger partial charge in [-0.3, -0.25) is 14.9 Å². The average Bonchev–Trinajstić information content (AvgIpc) is 2.67. The summed E-state index contributed by atoms with van der Waals surface area (Å²) in [7, 11) is 2.09. The van der Waals surface area contributed by atoms with Crippen molar-refractivity contribution >= 4 is 5.97 Å². The molecule has 0 aromatic carbocycles. The molecule has 2 saturated carbocycles. The van der Waals surface area contributed by atoms with Gasteiger partial charge in [-0.05, 0) is 52.0 Å². The number of carbonyl (C=O) groups is 1. The van der Waals surface area contributed by atoms with Crippen LogP contribution < -0.4 is 0 Å². The fourth-order valence-electron chi connectivity index (χ4n) is 3.95. The maximum Gasteiger partial charge on any atom is 0.305 e. The molecular formula is C19H34N4O4. The lowest BCUT2D eigenvalue weighted by atomic mass is 9.90. The van der Waals surface area contributed by atoms with E-state index in [9.17, 15) is 14.9 Å². The predicted molar refractivity (Wildman–Crippen MR) is 102 cm³/mol. The van der Waals surface area contributed by atoms with Crippen molar-refractivity contribution in [3.05, 3.63) is 10.1 Å². The van der Waals surface area contributed by atoms with Gasteiger partial charge in [-0.15, -0.1) is 0 Å². The van der Waals surface area contributed by atoms with Gasteiger partial charge in [0.2, 0.25) is 6.04 Å². The Balaban J connectivity index is 1.62. The summed E-state index contributed by atoms with van der Waals surface area (Å²) in [4.78, 5) is 24.3. The Morgan fingerprint density at radius 2 is 1.63 bits per heavy atom. The minimum atomic E-state index is -0.385. The SMILES string of the molecule is CCCC(=O)OCCN(C)C1CCC(N=NC2CCC([N+](=O)[O-])CC2)CC1. The zero-order valence-electron chi connectivity index (χ0n) is 16.7. The molecule has 2 aliphatic rings. The lowest BCUT2D eigenvalue weighted by Crippen LogP contribution is -2.38. The molecule has 0 N–H and O–H groups in total. The normalized spacial score (nSPS) is 29.1. The second kappa shape index (κ2) is 11.3. The van der Waals surface area contributed by atoms with Crippen molar-refractivity contribution in [3.8, 4) is 0 Å². The van der Waals surface area contributed by atoms with Gasteiger partial charge >= 0.3 is 5.97 Å². The third-order valence-electron chi connectivity index (χ3n) is 5.81. The molecule has 8 nitrogen and oxygen atoms in total. The Labute approximate surface area is 161 Å². The topological polar surface area (TPSA) is 97.4 Å². The van der Waals surface area contributed by atoms with Gasteiger partial charge < -0.3 is 9.64 Å². The summed E-state index contributed by atoms with van der Waals surface area (Å²) in [5.74, 6) is -0.109. The fourth-order valence-corrected chi connectivity index (χ4v) is 3.95. The molecule has 0 atom stereocenters. The van der Waals surface area contributed by atoms with E-state index in [1.807, 2.05) is 6.92 Å². The molecule has 0 saturated heterocycles. The molecule has 0 aromatic rings. The van der Waals surface area contributed by atoms with Gasteiger partial charge in [0, 0.05) is 36.8 Å². The molecule has 0 amide bonds. The molecule has 0 aromatic heterocycles. The molecule has 0 aliphatic heterocycles. The molecule has 2 rings (SSSR count). The number of nitro groups is 1. The first-order valence-corrected chi connectivity index (χ1v) is 10.4.